The maximum absolute atomic E-state index is 11.6. The molecule has 0 amide bonds. The van der Waals surface area contributed by atoms with Crippen LogP contribution in [0.15, 0.2) is 48.5 Å². The van der Waals surface area contributed by atoms with E-state index in [2.05, 4.69) is 15.9 Å². The number of halogens is 2. The van der Waals surface area contributed by atoms with Gasteiger partial charge in [-0.3, -0.25) is 4.90 Å². The molecule has 4 rings (SSSR count). The van der Waals surface area contributed by atoms with E-state index in [-0.39, 0.29) is 5.92 Å². The molecule has 2 fully saturated rings. The Balaban J connectivity index is 1.43. The van der Waals surface area contributed by atoms with Crippen LogP contribution in [0.1, 0.15) is 31.2 Å². The first-order valence-electron chi connectivity index (χ1n) is 10.3. The van der Waals surface area contributed by atoms with Gasteiger partial charge in [-0.1, -0.05) is 60.3 Å². The predicted molar refractivity (Wildman–Crippen MR) is 117 cm³/mol. The lowest BCUT2D eigenvalue weighted by Crippen LogP contribution is -2.51. The van der Waals surface area contributed by atoms with Gasteiger partial charge in [0.1, 0.15) is 0 Å². The van der Waals surface area contributed by atoms with E-state index < -0.39 is 5.60 Å². The van der Waals surface area contributed by atoms with Crippen molar-refractivity contribution in [1.29, 1.82) is 0 Å². The molecule has 0 radical (unpaired) electrons. The van der Waals surface area contributed by atoms with Crippen molar-refractivity contribution in [2.24, 2.45) is 5.92 Å². The number of para-hydroxylation sites is 1. The molecule has 1 aliphatic heterocycles. The molecule has 2 unspecified atom stereocenters. The van der Waals surface area contributed by atoms with E-state index in [1.165, 1.54) is 6.42 Å². The predicted octanol–water partition coefficient (Wildman–Crippen LogP) is 5.19. The van der Waals surface area contributed by atoms with Gasteiger partial charge in [0.25, 0.3) is 0 Å². The van der Waals surface area contributed by atoms with E-state index in [1.807, 2.05) is 42.5 Å². The molecule has 150 valence electrons. The van der Waals surface area contributed by atoms with Crippen LogP contribution in [0.25, 0.3) is 0 Å². The third kappa shape index (κ3) is 4.18. The van der Waals surface area contributed by atoms with Crippen molar-refractivity contribution in [3.63, 3.8) is 0 Å². The van der Waals surface area contributed by atoms with Gasteiger partial charge < -0.3 is 10.0 Å². The van der Waals surface area contributed by atoms with Gasteiger partial charge in [-0.2, -0.15) is 0 Å². The van der Waals surface area contributed by atoms with Gasteiger partial charge in [0, 0.05) is 43.7 Å². The SMILES string of the molecule is OC1(c2cccc(Cl)c2)CCCCC1CN1CCN(c2ccccc2Cl)CC1. The van der Waals surface area contributed by atoms with Crippen molar-refractivity contribution in [2.75, 3.05) is 37.6 Å². The van der Waals surface area contributed by atoms with Crippen LogP contribution in [0.3, 0.4) is 0 Å². The van der Waals surface area contributed by atoms with Crippen LogP contribution in [0.5, 0.6) is 0 Å². The minimum Gasteiger partial charge on any atom is -0.385 e. The van der Waals surface area contributed by atoms with Crippen molar-refractivity contribution in [2.45, 2.75) is 31.3 Å². The highest BCUT2D eigenvalue weighted by Gasteiger charge is 2.41. The molecule has 3 nitrogen and oxygen atoms in total. The van der Waals surface area contributed by atoms with Crippen molar-refractivity contribution < 1.29 is 5.11 Å². The monoisotopic (exact) mass is 418 g/mol. The topological polar surface area (TPSA) is 26.7 Å². The fraction of sp³-hybridized carbons (Fsp3) is 0.478. The molecule has 1 aliphatic carbocycles. The summed E-state index contributed by atoms with van der Waals surface area (Å²) in [5, 5.41) is 13.1. The molecule has 2 atom stereocenters. The maximum atomic E-state index is 11.6. The van der Waals surface area contributed by atoms with Crippen LogP contribution >= 0.6 is 23.2 Å². The molecule has 1 N–H and O–H groups in total. The number of nitrogens with zero attached hydrogens (tertiary/aromatic N) is 2. The Morgan fingerprint density at radius 1 is 0.964 bits per heavy atom. The Labute approximate surface area is 177 Å². The molecule has 1 saturated heterocycles. The highest BCUT2D eigenvalue weighted by molar-refractivity contribution is 6.33. The van der Waals surface area contributed by atoms with Gasteiger partial charge >= 0.3 is 0 Å². The molecular formula is C23H28Cl2N2O. The number of anilines is 1. The number of rotatable bonds is 4. The second-order valence-corrected chi connectivity index (χ2v) is 8.96. The fourth-order valence-electron chi connectivity index (χ4n) is 4.80. The number of piperazine rings is 1. The summed E-state index contributed by atoms with van der Waals surface area (Å²) in [7, 11) is 0. The smallest absolute Gasteiger partial charge is 0.0937 e. The number of hydrogen-bond acceptors (Lipinski definition) is 3. The summed E-state index contributed by atoms with van der Waals surface area (Å²) in [6, 6.07) is 15.9. The number of hydrogen-bond donors (Lipinski definition) is 1. The first kappa shape index (κ1) is 20.0. The van der Waals surface area contributed by atoms with Crippen molar-refractivity contribution in [3.05, 3.63) is 64.1 Å². The highest BCUT2D eigenvalue weighted by atomic mass is 35.5. The minimum absolute atomic E-state index is 0.242. The summed E-state index contributed by atoms with van der Waals surface area (Å²) < 4.78 is 0. The van der Waals surface area contributed by atoms with Crippen molar-refractivity contribution >= 4 is 28.9 Å². The van der Waals surface area contributed by atoms with Gasteiger partial charge in [-0.15, -0.1) is 0 Å². The summed E-state index contributed by atoms with van der Waals surface area (Å²) >= 11 is 12.6. The summed E-state index contributed by atoms with van der Waals surface area (Å²) in [4.78, 5) is 4.86. The van der Waals surface area contributed by atoms with E-state index >= 15 is 0 Å². The molecule has 1 saturated carbocycles. The Bertz CT molecular complexity index is 807. The third-order valence-electron chi connectivity index (χ3n) is 6.40. The second-order valence-electron chi connectivity index (χ2n) is 8.12. The third-order valence-corrected chi connectivity index (χ3v) is 6.96. The van der Waals surface area contributed by atoms with Crippen LogP contribution in [0, 0.1) is 5.92 Å². The molecule has 1 heterocycles. The first-order valence-corrected chi connectivity index (χ1v) is 11.0. The number of benzene rings is 2. The van der Waals surface area contributed by atoms with E-state index in [4.69, 9.17) is 23.2 Å². The van der Waals surface area contributed by atoms with Crippen LogP contribution in [0.2, 0.25) is 10.0 Å². The van der Waals surface area contributed by atoms with Gasteiger partial charge in [-0.25, -0.2) is 0 Å². The molecule has 2 aromatic carbocycles. The zero-order valence-electron chi connectivity index (χ0n) is 16.2. The number of aliphatic hydroxyl groups is 1. The zero-order chi connectivity index (χ0) is 19.6. The fourth-order valence-corrected chi connectivity index (χ4v) is 5.25. The molecule has 0 spiro atoms. The second kappa shape index (κ2) is 8.62. The van der Waals surface area contributed by atoms with Crippen molar-refractivity contribution in [1.82, 2.24) is 4.90 Å². The minimum atomic E-state index is -0.775. The Morgan fingerprint density at radius 2 is 1.75 bits per heavy atom. The summed E-state index contributed by atoms with van der Waals surface area (Å²) in [5.41, 5.74) is 1.32. The van der Waals surface area contributed by atoms with Crippen LogP contribution in [-0.4, -0.2) is 42.7 Å². The van der Waals surface area contributed by atoms with Gasteiger partial charge in [0.2, 0.25) is 0 Å². The average molecular weight is 419 g/mol. The molecule has 5 heteroatoms. The van der Waals surface area contributed by atoms with Crippen LogP contribution in [0.4, 0.5) is 5.69 Å². The Kier molecular flexibility index (Phi) is 6.17. The first-order chi connectivity index (χ1) is 13.6. The standard InChI is InChI=1S/C23H28Cl2N2O/c24-20-8-5-7-18(16-20)23(28)11-4-3-6-19(23)17-26-12-14-27(15-13-26)22-10-2-1-9-21(22)25/h1-2,5,7-10,16,19,28H,3-4,6,11-15,17H2. The van der Waals surface area contributed by atoms with E-state index in [1.54, 1.807) is 0 Å². The van der Waals surface area contributed by atoms with Gasteiger partial charge in [0.15, 0.2) is 0 Å². The normalized spacial score (nSPS) is 26.4. The quantitative estimate of drug-likeness (QED) is 0.739. The molecular weight excluding hydrogens is 391 g/mol. The lowest BCUT2D eigenvalue weighted by atomic mass is 9.71. The highest BCUT2D eigenvalue weighted by Crippen LogP contribution is 2.42. The van der Waals surface area contributed by atoms with E-state index in [0.717, 1.165) is 68.3 Å². The van der Waals surface area contributed by atoms with E-state index in [9.17, 15) is 5.11 Å². The van der Waals surface area contributed by atoms with Crippen molar-refractivity contribution in [3.8, 4) is 0 Å². The van der Waals surface area contributed by atoms with Gasteiger partial charge in [0.05, 0.1) is 16.3 Å². The summed E-state index contributed by atoms with van der Waals surface area (Å²) in [6.07, 6.45) is 4.14. The lowest BCUT2D eigenvalue weighted by Gasteiger charge is -2.44. The zero-order valence-corrected chi connectivity index (χ0v) is 17.7. The van der Waals surface area contributed by atoms with E-state index in [0.29, 0.717) is 5.02 Å². The molecule has 28 heavy (non-hydrogen) atoms. The molecule has 2 aromatic rings. The van der Waals surface area contributed by atoms with Crippen LogP contribution < -0.4 is 4.90 Å². The molecule has 0 aromatic heterocycles. The summed E-state index contributed by atoms with van der Waals surface area (Å²) in [5.74, 6) is 0.242. The average Bonchev–Trinajstić information content (AvgIpc) is 2.71. The lowest BCUT2D eigenvalue weighted by molar-refractivity contribution is -0.0660. The molecule has 2 aliphatic rings. The Morgan fingerprint density at radius 3 is 2.50 bits per heavy atom. The maximum Gasteiger partial charge on any atom is 0.0937 e. The Hall–Kier alpha value is -1.26. The van der Waals surface area contributed by atoms with Gasteiger partial charge in [-0.05, 0) is 42.7 Å². The molecule has 0 bridgehead atoms. The summed E-state index contributed by atoms with van der Waals surface area (Å²) in [6.45, 7) is 4.85. The van der Waals surface area contributed by atoms with Crippen LogP contribution in [-0.2, 0) is 5.60 Å². The largest absolute Gasteiger partial charge is 0.385 e.